The Bertz CT molecular complexity index is 1410. The first-order chi connectivity index (χ1) is 20.3. The van der Waals surface area contributed by atoms with Crippen LogP contribution in [0.25, 0.3) is 0 Å². The first-order valence-corrected chi connectivity index (χ1v) is 14.6. The van der Waals surface area contributed by atoms with Crippen LogP contribution >= 0.6 is 0 Å². The van der Waals surface area contributed by atoms with E-state index in [0.717, 1.165) is 38.3 Å². The molecule has 3 aromatic rings. The van der Waals surface area contributed by atoms with Crippen LogP contribution in [0.5, 0.6) is 5.75 Å². The number of benzene rings is 2. The summed E-state index contributed by atoms with van der Waals surface area (Å²) in [5.41, 5.74) is 2.19. The van der Waals surface area contributed by atoms with Gasteiger partial charge in [-0.3, -0.25) is 0 Å². The van der Waals surface area contributed by atoms with Crippen LogP contribution in [0.2, 0.25) is 0 Å². The number of halogens is 3. The number of ether oxygens (including phenoxy) is 1. The molecule has 2 aromatic carbocycles. The van der Waals surface area contributed by atoms with Crippen molar-refractivity contribution in [2.75, 3.05) is 23.7 Å². The Morgan fingerprint density at radius 3 is 2.45 bits per heavy atom. The number of hydrogen-bond donors (Lipinski definition) is 3. The molecule has 4 bridgehead atoms. The lowest BCUT2D eigenvalue weighted by Gasteiger charge is -2.60. The minimum atomic E-state index is -4.78. The highest BCUT2D eigenvalue weighted by Crippen LogP contribution is 2.60. The minimum Gasteiger partial charge on any atom is -0.405 e. The van der Waals surface area contributed by atoms with Gasteiger partial charge in [-0.2, -0.15) is 10.2 Å². The third-order valence-corrected chi connectivity index (χ3v) is 9.21. The Morgan fingerprint density at radius 1 is 0.976 bits per heavy atom. The first-order valence-electron chi connectivity index (χ1n) is 14.6. The molecule has 1 heterocycles. The number of nitrogens with one attached hydrogen (secondary N) is 3. The zero-order valence-corrected chi connectivity index (χ0v) is 23.3. The normalized spacial score (nSPS) is 26.0. The van der Waals surface area contributed by atoms with Crippen LogP contribution in [0, 0.1) is 34.5 Å². The van der Waals surface area contributed by atoms with Gasteiger partial charge in [-0.05, 0) is 79.9 Å². The third kappa shape index (κ3) is 6.46. The second kappa shape index (κ2) is 11.8. The maximum Gasteiger partial charge on any atom is 0.573 e. The summed E-state index contributed by atoms with van der Waals surface area (Å²) in [6.45, 7) is 1.76. The van der Waals surface area contributed by atoms with E-state index in [1.165, 1.54) is 43.2 Å². The number of nitrogens with zero attached hydrogens (tertiary/aromatic N) is 3. The first kappa shape index (κ1) is 28.3. The van der Waals surface area contributed by atoms with Crippen LogP contribution < -0.4 is 20.7 Å². The molecule has 1 aromatic heterocycles. The molecule has 7 nitrogen and oxygen atoms in total. The van der Waals surface area contributed by atoms with Crippen molar-refractivity contribution in [3.63, 3.8) is 0 Å². The number of alkyl halides is 3. The van der Waals surface area contributed by atoms with Crippen LogP contribution in [0.15, 0.2) is 60.8 Å². The highest BCUT2D eigenvalue weighted by atomic mass is 19.4. The van der Waals surface area contributed by atoms with Crippen molar-refractivity contribution in [2.45, 2.75) is 57.5 Å². The maximum atomic E-state index is 12.8. The Morgan fingerprint density at radius 2 is 1.71 bits per heavy atom. The second-order valence-electron chi connectivity index (χ2n) is 12.1. The smallest absolute Gasteiger partial charge is 0.405 e. The summed E-state index contributed by atoms with van der Waals surface area (Å²) in [6, 6.07) is 19.3. The number of rotatable bonds is 11. The van der Waals surface area contributed by atoms with Crippen molar-refractivity contribution in [3.05, 3.63) is 77.5 Å². The van der Waals surface area contributed by atoms with Gasteiger partial charge in [0.25, 0.3) is 0 Å². The van der Waals surface area contributed by atoms with Gasteiger partial charge in [-0.15, -0.1) is 13.2 Å². The molecule has 0 spiro atoms. The van der Waals surface area contributed by atoms with Gasteiger partial charge in [0.15, 0.2) is 0 Å². The van der Waals surface area contributed by atoms with Gasteiger partial charge in [0.2, 0.25) is 5.95 Å². The number of hydrogen-bond acceptors (Lipinski definition) is 7. The lowest BCUT2D eigenvalue weighted by Crippen LogP contribution is -2.59. The molecule has 3 unspecified atom stereocenters. The van der Waals surface area contributed by atoms with E-state index in [-0.39, 0.29) is 23.7 Å². The van der Waals surface area contributed by atoms with Crippen molar-refractivity contribution >= 4 is 11.8 Å². The summed E-state index contributed by atoms with van der Waals surface area (Å²) in [4.78, 5) is 8.74. The summed E-state index contributed by atoms with van der Waals surface area (Å²) < 4.78 is 42.6. The second-order valence-corrected chi connectivity index (χ2v) is 12.1. The van der Waals surface area contributed by atoms with E-state index >= 15 is 0 Å². The van der Waals surface area contributed by atoms with Gasteiger partial charge in [-0.1, -0.05) is 48.5 Å². The molecule has 0 amide bonds. The van der Waals surface area contributed by atoms with E-state index in [9.17, 15) is 18.4 Å². The van der Waals surface area contributed by atoms with E-state index in [4.69, 9.17) is 0 Å². The van der Waals surface area contributed by atoms with Crippen LogP contribution in [-0.2, 0) is 13.0 Å². The van der Waals surface area contributed by atoms with Crippen molar-refractivity contribution in [1.29, 1.82) is 5.26 Å². The average molecular weight is 577 g/mol. The monoisotopic (exact) mass is 576 g/mol. The molecule has 0 radical (unpaired) electrons. The average Bonchev–Trinajstić information content (AvgIpc) is 2.96. The predicted octanol–water partition coefficient (Wildman–Crippen LogP) is 6.30. The highest BCUT2D eigenvalue weighted by Gasteiger charge is 2.55. The fourth-order valence-corrected chi connectivity index (χ4v) is 7.77. The molecule has 10 heteroatoms. The molecule has 0 saturated heterocycles. The summed E-state index contributed by atoms with van der Waals surface area (Å²) >= 11 is 0. The minimum absolute atomic E-state index is 0.0330. The third-order valence-electron chi connectivity index (χ3n) is 9.21. The predicted molar refractivity (Wildman–Crippen MR) is 154 cm³/mol. The topological polar surface area (TPSA) is 94.9 Å². The molecule has 7 rings (SSSR count). The zero-order chi connectivity index (χ0) is 29.2. The van der Waals surface area contributed by atoms with Gasteiger partial charge in [0.05, 0.1) is 6.20 Å². The van der Waals surface area contributed by atoms with E-state index in [1.54, 1.807) is 12.1 Å². The van der Waals surface area contributed by atoms with Crippen LogP contribution in [0.4, 0.5) is 24.9 Å². The van der Waals surface area contributed by atoms with E-state index in [2.05, 4.69) is 67.1 Å². The van der Waals surface area contributed by atoms with Gasteiger partial charge < -0.3 is 20.7 Å². The number of aromatic nitrogens is 2. The molecule has 4 fully saturated rings. The molecular weight excluding hydrogens is 541 g/mol. The van der Waals surface area contributed by atoms with E-state index in [1.807, 2.05) is 0 Å². The number of anilines is 2. The van der Waals surface area contributed by atoms with Crippen molar-refractivity contribution in [3.8, 4) is 11.8 Å². The van der Waals surface area contributed by atoms with Crippen LogP contribution in [0.1, 0.15) is 48.8 Å². The highest BCUT2D eigenvalue weighted by molar-refractivity contribution is 5.53. The van der Waals surface area contributed by atoms with Crippen molar-refractivity contribution < 1.29 is 17.9 Å². The summed E-state index contributed by atoms with van der Waals surface area (Å²) in [5, 5.41) is 20.1. The molecule has 0 aliphatic heterocycles. The van der Waals surface area contributed by atoms with Gasteiger partial charge >= 0.3 is 6.36 Å². The summed E-state index contributed by atoms with van der Waals surface area (Å²) in [7, 11) is 0. The Hall–Kier alpha value is -3.84. The van der Waals surface area contributed by atoms with E-state index in [0.29, 0.717) is 34.8 Å². The zero-order valence-electron chi connectivity index (χ0n) is 23.3. The molecule has 4 aliphatic rings. The van der Waals surface area contributed by atoms with Crippen LogP contribution in [-0.4, -0.2) is 35.5 Å². The van der Waals surface area contributed by atoms with Gasteiger partial charge in [0, 0.05) is 24.7 Å². The standard InChI is InChI=1S/C32H35F3N6O/c33-32(34,35)42-27-9-5-4-8-23(27)18-38-30-39-19-26(17-36)29(41-30)40-20-31-14-22-12-24(15-31)28(25(13-22)16-31)37-11-10-21-6-2-1-3-7-21/h1-9,19,22,24-25,28,37H,10-16,18,20H2,(H2,38,39,40,41)/t22?,24-,25+,28?,31?. The Labute approximate surface area is 243 Å². The molecule has 42 heavy (non-hydrogen) atoms. The molecular formula is C32H35F3N6O. The van der Waals surface area contributed by atoms with Gasteiger partial charge in [-0.25, -0.2) is 4.98 Å². The summed E-state index contributed by atoms with van der Waals surface area (Å²) in [5.74, 6) is 2.46. The lowest BCUT2D eigenvalue weighted by molar-refractivity contribution is -0.274. The lowest BCUT2D eigenvalue weighted by atomic mass is 9.48. The molecule has 220 valence electrons. The number of para-hydroxylation sites is 1. The SMILES string of the molecule is N#Cc1cnc(NCc2ccccc2OC(F)(F)F)nc1NCC12CC3C[C@H](C1)C(NCCc1ccccc1)[C@@H](C3)C2. The fourth-order valence-electron chi connectivity index (χ4n) is 7.77. The van der Waals surface area contributed by atoms with Crippen LogP contribution in [0.3, 0.4) is 0 Å². The largest absolute Gasteiger partial charge is 0.573 e. The summed E-state index contributed by atoms with van der Waals surface area (Å²) in [6.07, 6.45) is 3.77. The molecule has 4 saturated carbocycles. The molecule has 5 atom stereocenters. The fraction of sp³-hybridized carbons (Fsp3) is 0.469. The quantitative estimate of drug-likeness (QED) is 0.247. The number of nitriles is 1. The Balaban J connectivity index is 1.08. The van der Waals surface area contributed by atoms with Crippen molar-refractivity contribution in [2.24, 2.45) is 23.2 Å². The van der Waals surface area contributed by atoms with E-state index < -0.39 is 6.36 Å². The molecule has 4 aliphatic carbocycles. The van der Waals surface area contributed by atoms with Gasteiger partial charge in [0.1, 0.15) is 23.2 Å². The van der Waals surface area contributed by atoms with Crippen molar-refractivity contribution in [1.82, 2.24) is 15.3 Å². The maximum absolute atomic E-state index is 12.8. The molecule has 3 N–H and O–H groups in total. The Kier molecular flexibility index (Phi) is 7.95.